The summed E-state index contributed by atoms with van der Waals surface area (Å²) in [4.78, 5) is 10.4. The van der Waals surface area contributed by atoms with Gasteiger partial charge in [0.2, 0.25) is 0 Å². The molecule has 3 rings (SSSR count). The molecule has 3 aromatic carbocycles. The van der Waals surface area contributed by atoms with Gasteiger partial charge < -0.3 is 4.74 Å². The molecule has 0 fully saturated rings. The van der Waals surface area contributed by atoms with Gasteiger partial charge in [-0.1, -0.05) is 36.4 Å². The first-order chi connectivity index (χ1) is 11.6. The highest BCUT2D eigenvalue weighted by atomic mass is 19.1. The van der Waals surface area contributed by atoms with E-state index in [0.29, 0.717) is 12.4 Å². The van der Waals surface area contributed by atoms with E-state index < -0.39 is 4.92 Å². The second kappa shape index (κ2) is 6.91. The van der Waals surface area contributed by atoms with Crippen LogP contribution in [0.25, 0.3) is 11.1 Å². The van der Waals surface area contributed by atoms with Crippen LogP contribution >= 0.6 is 0 Å². The fraction of sp³-hybridized carbons (Fsp3) is 0.0526. The van der Waals surface area contributed by atoms with Gasteiger partial charge in [0.05, 0.1) is 4.92 Å². The zero-order valence-corrected chi connectivity index (χ0v) is 12.7. The van der Waals surface area contributed by atoms with Crippen molar-refractivity contribution in [2.45, 2.75) is 6.61 Å². The van der Waals surface area contributed by atoms with Gasteiger partial charge in [0.1, 0.15) is 18.2 Å². The number of benzene rings is 3. The lowest BCUT2D eigenvalue weighted by Gasteiger charge is -2.08. The van der Waals surface area contributed by atoms with Crippen LogP contribution in [0.4, 0.5) is 10.1 Å². The van der Waals surface area contributed by atoms with Crippen LogP contribution in [-0.4, -0.2) is 4.92 Å². The molecule has 24 heavy (non-hydrogen) atoms. The number of hydrogen-bond donors (Lipinski definition) is 0. The van der Waals surface area contributed by atoms with Crippen molar-refractivity contribution in [2.24, 2.45) is 0 Å². The molecule has 0 saturated carbocycles. The molecular formula is C19H14FNO3. The van der Waals surface area contributed by atoms with Gasteiger partial charge in [-0.15, -0.1) is 0 Å². The van der Waals surface area contributed by atoms with Crippen molar-refractivity contribution >= 4 is 5.69 Å². The van der Waals surface area contributed by atoms with Gasteiger partial charge in [0, 0.05) is 12.1 Å². The number of ether oxygens (including phenoxy) is 1. The first-order valence-electron chi connectivity index (χ1n) is 7.34. The highest BCUT2D eigenvalue weighted by molar-refractivity contribution is 5.66. The maximum Gasteiger partial charge on any atom is 0.270 e. The van der Waals surface area contributed by atoms with Gasteiger partial charge in [-0.2, -0.15) is 0 Å². The second-order valence-corrected chi connectivity index (χ2v) is 5.25. The summed E-state index contributed by atoms with van der Waals surface area (Å²) >= 11 is 0. The van der Waals surface area contributed by atoms with E-state index in [1.807, 2.05) is 18.2 Å². The molecular weight excluding hydrogens is 309 g/mol. The lowest BCUT2D eigenvalue weighted by Crippen LogP contribution is -1.95. The van der Waals surface area contributed by atoms with Crippen molar-refractivity contribution < 1.29 is 14.1 Å². The van der Waals surface area contributed by atoms with E-state index in [1.165, 1.54) is 24.3 Å². The zero-order chi connectivity index (χ0) is 16.9. The molecule has 0 heterocycles. The third kappa shape index (κ3) is 3.76. The van der Waals surface area contributed by atoms with Crippen LogP contribution in [0.3, 0.4) is 0 Å². The van der Waals surface area contributed by atoms with Crippen LogP contribution in [0.1, 0.15) is 5.56 Å². The summed E-state index contributed by atoms with van der Waals surface area (Å²) in [6, 6.07) is 19.9. The molecule has 4 nitrogen and oxygen atoms in total. The molecule has 0 atom stereocenters. The molecule has 3 aromatic rings. The number of nitro groups is 1. The standard InChI is InChI=1S/C19H14FNO3/c20-17-8-4-14(5-9-17)13-24-19-10-6-15(7-11-19)16-2-1-3-18(12-16)21(22)23/h1-12H,13H2. The van der Waals surface area contributed by atoms with E-state index in [0.717, 1.165) is 16.7 Å². The van der Waals surface area contributed by atoms with Crippen LogP contribution in [0.15, 0.2) is 72.8 Å². The average molecular weight is 323 g/mol. The predicted molar refractivity (Wildman–Crippen MR) is 89.3 cm³/mol. The molecule has 0 radical (unpaired) electrons. The van der Waals surface area contributed by atoms with E-state index in [9.17, 15) is 14.5 Å². The zero-order valence-electron chi connectivity index (χ0n) is 12.7. The molecule has 120 valence electrons. The van der Waals surface area contributed by atoms with Crippen molar-refractivity contribution in [1.29, 1.82) is 0 Å². The molecule has 0 unspecified atom stereocenters. The number of nitrogens with zero attached hydrogens (tertiary/aromatic N) is 1. The number of nitro benzene ring substituents is 1. The largest absolute Gasteiger partial charge is 0.489 e. The molecule has 0 aromatic heterocycles. The monoisotopic (exact) mass is 323 g/mol. The predicted octanol–water partition coefficient (Wildman–Crippen LogP) is 4.98. The van der Waals surface area contributed by atoms with Crippen molar-refractivity contribution in [3.8, 4) is 16.9 Å². The molecule has 5 heteroatoms. The van der Waals surface area contributed by atoms with Crippen LogP contribution in [0, 0.1) is 15.9 Å². The Bertz CT molecular complexity index is 845. The Morgan fingerprint density at radius 2 is 1.62 bits per heavy atom. The van der Waals surface area contributed by atoms with E-state index in [2.05, 4.69) is 0 Å². The molecule has 0 aliphatic heterocycles. The average Bonchev–Trinajstić information content (AvgIpc) is 2.62. The maximum atomic E-state index is 12.9. The van der Waals surface area contributed by atoms with Crippen molar-refractivity contribution in [2.75, 3.05) is 0 Å². The highest BCUT2D eigenvalue weighted by Crippen LogP contribution is 2.26. The summed E-state index contributed by atoms with van der Waals surface area (Å²) in [6.45, 7) is 0.344. The fourth-order valence-corrected chi connectivity index (χ4v) is 2.29. The number of hydrogen-bond acceptors (Lipinski definition) is 3. The summed E-state index contributed by atoms with van der Waals surface area (Å²) in [5, 5.41) is 10.8. The Kier molecular flexibility index (Phi) is 4.52. The van der Waals surface area contributed by atoms with Crippen LogP contribution < -0.4 is 4.74 Å². The maximum absolute atomic E-state index is 12.9. The number of rotatable bonds is 5. The van der Waals surface area contributed by atoms with Crippen LogP contribution in [0.5, 0.6) is 5.75 Å². The normalized spacial score (nSPS) is 10.4. The molecule has 0 aliphatic carbocycles. The topological polar surface area (TPSA) is 52.4 Å². The Labute approximate surface area is 138 Å². The van der Waals surface area contributed by atoms with E-state index in [-0.39, 0.29) is 11.5 Å². The van der Waals surface area contributed by atoms with Crippen LogP contribution in [-0.2, 0) is 6.61 Å². The molecule has 0 spiro atoms. The lowest BCUT2D eigenvalue weighted by atomic mass is 10.1. The third-order valence-electron chi connectivity index (χ3n) is 3.56. The van der Waals surface area contributed by atoms with E-state index in [1.54, 1.807) is 30.3 Å². The van der Waals surface area contributed by atoms with Crippen molar-refractivity contribution in [1.82, 2.24) is 0 Å². The molecule has 0 bridgehead atoms. The van der Waals surface area contributed by atoms with E-state index in [4.69, 9.17) is 4.74 Å². The summed E-state index contributed by atoms with van der Waals surface area (Å²) in [6.07, 6.45) is 0. The lowest BCUT2D eigenvalue weighted by molar-refractivity contribution is -0.384. The number of non-ortho nitro benzene ring substituents is 1. The minimum atomic E-state index is -0.413. The van der Waals surface area contributed by atoms with Gasteiger partial charge in [0.25, 0.3) is 5.69 Å². The molecule has 0 aliphatic rings. The van der Waals surface area contributed by atoms with Gasteiger partial charge in [-0.3, -0.25) is 10.1 Å². The fourth-order valence-electron chi connectivity index (χ4n) is 2.29. The first-order valence-corrected chi connectivity index (χ1v) is 7.34. The highest BCUT2D eigenvalue weighted by Gasteiger charge is 2.07. The van der Waals surface area contributed by atoms with Crippen LogP contribution in [0.2, 0.25) is 0 Å². The quantitative estimate of drug-likeness (QED) is 0.491. The molecule has 0 N–H and O–H groups in total. The molecule has 0 saturated heterocycles. The Morgan fingerprint density at radius 1 is 0.917 bits per heavy atom. The van der Waals surface area contributed by atoms with E-state index >= 15 is 0 Å². The van der Waals surface area contributed by atoms with Gasteiger partial charge in [-0.25, -0.2) is 4.39 Å². The Hall–Kier alpha value is -3.21. The Morgan fingerprint density at radius 3 is 2.29 bits per heavy atom. The first kappa shape index (κ1) is 15.7. The van der Waals surface area contributed by atoms with Crippen molar-refractivity contribution in [3.05, 3.63) is 94.3 Å². The van der Waals surface area contributed by atoms with Gasteiger partial charge in [-0.05, 0) is 41.0 Å². The smallest absolute Gasteiger partial charge is 0.270 e. The summed E-state index contributed by atoms with van der Waals surface area (Å²) in [7, 11) is 0. The Balaban J connectivity index is 1.70. The minimum Gasteiger partial charge on any atom is -0.489 e. The summed E-state index contributed by atoms with van der Waals surface area (Å²) < 4.78 is 18.5. The molecule has 0 amide bonds. The SMILES string of the molecule is O=[N+]([O-])c1cccc(-c2ccc(OCc3ccc(F)cc3)cc2)c1. The third-order valence-corrected chi connectivity index (χ3v) is 3.56. The van der Waals surface area contributed by atoms with Crippen molar-refractivity contribution in [3.63, 3.8) is 0 Å². The number of halogens is 1. The minimum absolute atomic E-state index is 0.0594. The summed E-state index contributed by atoms with van der Waals surface area (Å²) in [5.41, 5.74) is 2.57. The summed E-state index contributed by atoms with van der Waals surface area (Å²) in [5.74, 6) is 0.397. The van der Waals surface area contributed by atoms with Gasteiger partial charge in [0.15, 0.2) is 0 Å². The van der Waals surface area contributed by atoms with Gasteiger partial charge >= 0.3 is 0 Å². The second-order valence-electron chi connectivity index (χ2n) is 5.25.